The fourth-order valence-electron chi connectivity index (χ4n) is 2.48. The average Bonchev–Trinajstić information content (AvgIpc) is 2.60. The minimum Gasteiger partial charge on any atom is -0.488 e. The highest BCUT2D eigenvalue weighted by atomic mass is 16.6. The SMILES string of the molecule is C=CCc1cccc(C)c1OCc1ccccc1C(C#N)=NOC. The Morgan fingerprint density at radius 3 is 2.67 bits per heavy atom. The molecule has 0 heterocycles. The first kappa shape index (κ1) is 17.3. The van der Waals surface area contributed by atoms with Crippen LogP contribution in [0, 0.1) is 18.3 Å². The summed E-state index contributed by atoms with van der Waals surface area (Å²) in [5.41, 5.74) is 3.97. The van der Waals surface area contributed by atoms with E-state index in [1.54, 1.807) is 0 Å². The summed E-state index contributed by atoms with van der Waals surface area (Å²) in [6, 6.07) is 15.6. The topological polar surface area (TPSA) is 54.6 Å². The summed E-state index contributed by atoms with van der Waals surface area (Å²) in [4.78, 5) is 4.75. The molecule has 0 atom stereocenters. The lowest BCUT2D eigenvalue weighted by Crippen LogP contribution is -2.07. The second-order valence-corrected chi connectivity index (χ2v) is 5.24. The Morgan fingerprint density at radius 2 is 1.96 bits per heavy atom. The number of aryl methyl sites for hydroxylation is 1. The van der Waals surface area contributed by atoms with E-state index in [4.69, 9.17) is 9.57 Å². The van der Waals surface area contributed by atoms with E-state index in [0.29, 0.717) is 12.2 Å². The Kier molecular flexibility index (Phi) is 6.16. The molecule has 2 rings (SSSR count). The molecule has 0 radical (unpaired) electrons. The molecule has 0 N–H and O–H groups in total. The van der Waals surface area contributed by atoms with Gasteiger partial charge in [0.25, 0.3) is 0 Å². The summed E-state index contributed by atoms with van der Waals surface area (Å²) in [7, 11) is 1.42. The first-order valence-electron chi connectivity index (χ1n) is 7.63. The van der Waals surface area contributed by atoms with E-state index in [1.165, 1.54) is 7.11 Å². The number of hydrogen-bond donors (Lipinski definition) is 0. The Bertz CT molecular complexity index is 788. The Morgan fingerprint density at radius 1 is 1.21 bits per heavy atom. The lowest BCUT2D eigenvalue weighted by Gasteiger charge is -2.15. The van der Waals surface area contributed by atoms with Crippen LogP contribution < -0.4 is 4.74 Å². The van der Waals surface area contributed by atoms with Crippen LogP contribution in [-0.4, -0.2) is 12.8 Å². The molecule has 0 saturated heterocycles. The van der Waals surface area contributed by atoms with E-state index in [9.17, 15) is 5.26 Å². The fraction of sp³-hybridized carbons (Fsp3) is 0.200. The second kappa shape index (κ2) is 8.54. The van der Waals surface area contributed by atoms with Gasteiger partial charge in [0, 0.05) is 5.56 Å². The Hall–Kier alpha value is -3.06. The Labute approximate surface area is 142 Å². The lowest BCUT2D eigenvalue weighted by atomic mass is 10.0. The second-order valence-electron chi connectivity index (χ2n) is 5.24. The van der Waals surface area contributed by atoms with Crippen molar-refractivity contribution < 1.29 is 9.57 Å². The minimum atomic E-state index is 0.229. The predicted molar refractivity (Wildman–Crippen MR) is 95.0 cm³/mol. The van der Waals surface area contributed by atoms with Gasteiger partial charge in [-0.2, -0.15) is 5.26 Å². The summed E-state index contributed by atoms with van der Waals surface area (Å²) < 4.78 is 6.07. The quantitative estimate of drug-likeness (QED) is 0.437. The van der Waals surface area contributed by atoms with Gasteiger partial charge in [0.05, 0.1) is 0 Å². The van der Waals surface area contributed by atoms with Gasteiger partial charge >= 0.3 is 0 Å². The molecule has 0 aromatic heterocycles. The molecular weight excluding hydrogens is 300 g/mol. The number of ether oxygens (including phenoxy) is 1. The number of rotatable bonds is 7. The zero-order valence-electron chi connectivity index (χ0n) is 14.0. The van der Waals surface area contributed by atoms with Crippen molar-refractivity contribution in [3.63, 3.8) is 0 Å². The van der Waals surface area contributed by atoms with Gasteiger partial charge in [-0.15, -0.1) is 6.58 Å². The van der Waals surface area contributed by atoms with Crippen molar-refractivity contribution in [2.24, 2.45) is 5.16 Å². The zero-order chi connectivity index (χ0) is 17.4. The summed E-state index contributed by atoms with van der Waals surface area (Å²) >= 11 is 0. The van der Waals surface area contributed by atoms with Gasteiger partial charge < -0.3 is 9.57 Å². The van der Waals surface area contributed by atoms with Crippen LogP contribution in [0.25, 0.3) is 0 Å². The standard InChI is InChI=1S/C20H20N2O2/c1-4-8-16-11-7-9-15(2)20(16)24-14-17-10-5-6-12-18(17)19(13-21)22-23-3/h4-7,9-12H,1,8,14H2,2-3H3. The van der Waals surface area contributed by atoms with Crippen molar-refractivity contribution in [1.82, 2.24) is 0 Å². The van der Waals surface area contributed by atoms with Crippen LogP contribution >= 0.6 is 0 Å². The van der Waals surface area contributed by atoms with Gasteiger partial charge in [0.1, 0.15) is 25.5 Å². The predicted octanol–water partition coefficient (Wildman–Crippen LogP) is 4.18. The van der Waals surface area contributed by atoms with Crippen molar-refractivity contribution >= 4 is 5.71 Å². The van der Waals surface area contributed by atoms with E-state index in [0.717, 1.165) is 28.9 Å². The minimum absolute atomic E-state index is 0.229. The maximum absolute atomic E-state index is 9.27. The van der Waals surface area contributed by atoms with Crippen LogP contribution in [0.1, 0.15) is 22.3 Å². The van der Waals surface area contributed by atoms with Gasteiger partial charge in [-0.05, 0) is 30.0 Å². The molecular formula is C20H20N2O2. The molecule has 0 saturated carbocycles. The molecule has 0 aliphatic carbocycles. The number of benzene rings is 2. The van der Waals surface area contributed by atoms with Crippen LogP contribution in [0.4, 0.5) is 0 Å². The molecule has 0 fully saturated rings. The third-order valence-corrected chi connectivity index (χ3v) is 3.59. The van der Waals surface area contributed by atoms with Crippen molar-refractivity contribution in [2.75, 3.05) is 7.11 Å². The van der Waals surface area contributed by atoms with Gasteiger partial charge in [-0.3, -0.25) is 0 Å². The molecule has 2 aromatic rings. The third kappa shape index (κ3) is 4.02. The average molecular weight is 320 g/mol. The van der Waals surface area contributed by atoms with E-state index < -0.39 is 0 Å². The van der Waals surface area contributed by atoms with Crippen LogP contribution in [0.5, 0.6) is 5.75 Å². The highest BCUT2D eigenvalue weighted by molar-refractivity contribution is 6.12. The number of nitrogens with zero attached hydrogens (tertiary/aromatic N) is 2. The van der Waals surface area contributed by atoms with Gasteiger partial charge in [-0.1, -0.05) is 53.7 Å². The molecule has 4 heteroatoms. The first-order valence-corrected chi connectivity index (χ1v) is 7.63. The van der Waals surface area contributed by atoms with Gasteiger partial charge in [-0.25, -0.2) is 0 Å². The highest BCUT2D eigenvalue weighted by Gasteiger charge is 2.12. The summed E-state index contributed by atoms with van der Waals surface area (Å²) in [6.45, 7) is 6.15. The molecule has 0 unspecified atom stereocenters. The lowest BCUT2D eigenvalue weighted by molar-refractivity contribution is 0.214. The number of hydrogen-bond acceptors (Lipinski definition) is 4. The first-order chi connectivity index (χ1) is 11.7. The molecule has 24 heavy (non-hydrogen) atoms. The van der Waals surface area contributed by atoms with Crippen molar-refractivity contribution in [1.29, 1.82) is 5.26 Å². The molecule has 122 valence electrons. The summed E-state index contributed by atoms with van der Waals surface area (Å²) in [6.07, 6.45) is 2.60. The number of allylic oxidation sites excluding steroid dienone is 1. The van der Waals surface area contributed by atoms with Crippen LogP contribution in [0.2, 0.25) is 0 Å². The smallest absolute Gasteiger partial charge is 0.187 e. The van der Waals surface area contributed by atoms with Gasteiger partial charge in [0.15, 0.2) is 5.71 Å². The molecule has 0 aliphatic heterocycles. The van der Waals surface area contributed by atoms with Crippen LogP contribution in [0.3, 0.4) is 0 Å². The number of para-hydroxylation sites is 1. The molecule has 2 aromatic carbocycles. The molecule has 4 nitrogen and oxygen atoms in total. The van der Waals surface area contributed by atoms with Crippen LogP contribution in [0.15, 0.2) is 60.3 Å². The van der Waals surface area contributed by atoms with Gasteiger partial charge in [0.2, 0.25) is 0 Å². The summed E-state index contributed by atoms with van der Waals surface area (Å²) in [5.74, 6) is 0.856. The highest BCUT2D eigenvalue weighted by Crippen LogP contribution is 2.25. The summed E-state index contributed by atoms with van der Waals surface area (Å²) in [5, 5.41) is 13.0. The monoisotopic (exact) mass is 320 g/mol. The Balaban J connectivity index is 2.30. The van der Waals surface area contributed by atoms with E-state index >= 15 is 0 Å². The van der Waals surface area contributed by atoms with Crippen molar-refractivity contribution in [3.05, 3.63) is 77.4 Å². The number of oxime groups is 1. The number of nitriles is 1. The molecule has 0 spiro atoms. The normalized spacial score (nSPS) is 10.8. The third-order valence-electron chi connectivity index (χ3n) is 3.59. The maximum atomic E-state index is 9.27. The zero-order valence-corrected chi connectivity index (χ0v) is 14.0. The van der Waals surface area contributed by atoms with E-state index in [2.05, 4.69) is 17.8 Å². The molecule has 0 aliphatic rings. The van der Waals surface area contributed by atoms with E-state index in [1.807, 2.05) is 55.5 Å². The largest absolute Gasteiger partial charge is 0.488 e. The maximum Gasteiger partial charge on any atom is 0.187 e. The molecule has 0 bridgehead atoms. The fourth-order valence-corrected chi connectivity index (χ4v) is 2.48. The molecule has 0 amide bonds. The van der Waals surface area contributed by atoms with Crippen LogP contribution in [-0.2, 0) is 17.9 Å². The van der Waals surface area contributed by atoms with Crippen molar-refractivity contribution in [3.8, 4) is 11.8 Å². The van der Waals surface area contributed by atoms with E-state index in [-0.39, 0.29) is 5.71 Å². The van der Waals surface area contributed by atoms with Crippen molar-refractivity contribution in [2.45, 2.75) is 20.0 Å².